The molecule has 3 nitrogen and oxygen atoms in total. The molecule has 13 heavy (non-hydrogen) atoms. The second-order valence-electron chi connectivity index (χ2n) is 2.20. The van der Waals surface area contributed by atoms with Gasteiger partial charge in [-0.05, 0) is 12.1 Å². The first kappa shape index (κ1) is 9.31. The van der Waals surface area contributed by atoms with Gasteiger partial charge in [0.2, 0.25) is 0 Å². The summed E-state index contributed by atoms with van der Waals surface area (Å²) >= 11 is 0. The first-order valence-electron chi connectivity index (χ1n) is 3.32. The first-order chi connectivity index (χ1) is 6.20. The predicted molar refractivity (Wildman–Crippen MR) is 40.7 cm³/mol. The van der Waals surface area contributed by atoms with Crippen LogP contribution in [0.2, 0.25) is 0 Å². The van der Waals surface area contributed by atoms with Gasteiger partial charge in [0.15, 0.2) is 12.0 Å². The Balaban J connectivity index is 3.35. The molecule has 0 saturated heterocycles. The minimum atomic E-state index is -0.945. The van der Waals surface area contributed by atoms with Crippen LogP contribution in [0.5, 0.6) is 0 Å². The van der Waals surface area contributed by atoms with Crippen LogP contribution in [0.4, 0.5) is 8.78 Å². The van der Waals surface area contributed by atoms with Crippen LogP contribution >= 0.6 is 0 Å². The molecule has 0 spiro atoms. The van der Waals surface area contributed by atoms with E-state index in [0.717, 1.165) is 18.2 Å². The van der Waals surface area contributed by atoms with Crippen molar-refractivity contribution >= 4 is 12.0 Å². The van der Waals surface area contributed by atoms with Crippen LogP contribution in [0.1, 0.15) is 5.56 Å². The number of halogens is 2. The number of benzene rings is 1. The molecule has 0 unspecified atom stereocenters. The fraction of sp³-hybridized carbons (Fsp3) is 0. The molecule has 1 rings (SSSR count). The van der Waals surface area contributed by atoms with E-state index in [2.05, 4.69) is 5.16 Å². The van der Waals surface area contributed by atoms with Crippen LogP contribution < -0.4 is 0 Å². The molecule has 1 aromatic rings. The van der Waals surface area contributed by atoms with Crippen molar-refractivity contribution in [2.45, 2.75) is 0 Å². The lowest BCUT2D eigenvalue weighted by molar-refractivity contribution is -0.102. The number of carbonyl (C=O) groups excluding carboxylic acids is 1. The van der Waals surface area contributed by atoms with Gasteiger partial charge in [0.25, 0.3) is 0 Å². The SMILES string of the molecule is O=CC(=NO)c1c(F)cccc1F. The van der Waals surface area contributed by atoms with Gasteiger partial charge < -0.3 is 5.21 Å². The van der Waals surface area contributed by atoms with Crippen LogP contribution in [0.15, 0.2) is 23.4 Å². The topological polar surface area (TPSA) is 49.7 Å². The van der Waals surface area contributed by atoms with Gasteiger partial charge in [-0.2, -0.15) is 0 Å². The molecule has 1 N–H and O–H groups in total. The highest BCUT2D eigenvalue weighted by Gasteiger charge is 2.14. The molecule has 0 heterocycles. The van der Waals surface area contributed by atoms with E-state index < -0.39 is 22.9 Å². The van der Waals surface area contributed by atoms with Gasteiger partial charge in [-0.3, -0.25) is 4.79 Å². The standard InChI is InChI=1S/C8H5F2NO2/c9-5-2-1-3-6(10)8(5)7(4-12)11-13/h1-4,13H. The number of hydrogen-bond donors (Lipinski definition) is 1. The Labute approximate surface area is 72.3 Å². The van der Waals surface area contributed by atoms with E-state index >= 15 is 0 Å². The zero-order valence-electron chi connectivity index (χ0n) is 6.37. The van der Waals surface area contributed by atoms with Crippen molar-refractivity contribution in [3.8, 4) is 0 Å². The molecule has 1 aromatic carbocycles. The molecule has 0 bridgehead atoms. The summed E-state index contributed by atoms with van der Waals surface area (Å²) < 4.78 is 25.8. The number of aldehydes is 1. The van der Waals surface area contributed by atoms with Crippen LogP contribution in [-0.2, 0) is 4.79 Å². The minimum Gasteiger partial charge on any atom is -0.410 e. The Morgan fingerprint density at radius 3 is 2.31 bits per heavy atom. The van der Waals surface area contributed by atoms with Crippen molar-refractivity contribution in [2.75, 3.05) is 0 Å². The van der Waals surface area contributed by atoms with Crippen molar-refractivity contribution in [1.29, 1.82) is 0 Å². The molecule has 68 valence electrons. The summed E-state index contributed by atoms with van der Waals surface area (Å²) in [5.41, 5.74) is -1.30. The van der Waals surface area contributed by atoms with Gasteiger partial charge in [-0.25, -0.2) is 8.78 Å². The molecule has 5 heteroatoms. The maximum atomic E-state index is 12.9. The Morgan fingerprint density at radius 2 is 1.92 bits per heavy atom. The molecule has 0 aliphatic rings. The number of nitrogens with zero attached hydrogens (tertiary/aromatic N) is 1. The van der Waals surface area contributed by atoms with E-state index in [4.69, 9.17) is 5.21 Å². The predicted octanol–water partition coefficient (Wildman–Crippen LogP) is 1.34. The third kappa shape index (κ3) is 1.69. The zero-order chi connectivity index (χ0) is 9.84. The molecule has 0 fully saturated rings. The Morgan fingerprint density at radius 1 is 1.38 bits per heavy atom. The Kier molecular flexibility index (Phi) is 2.69. The lowest BCUT2D eigenvalue weighted by Gasteiger charge is -2.00. The van der Waals surface area contributed by atoms with Crippen molar-refractivity contribution < 1.29 is 18.8 Å². The smallest absolute Gasteiger partial charge is 0.172 e. The summed E-state index contributed by atoms with van der Waals surface area (Å²) in [7, 11) is 0. The van der Waals surface area contributed by atoms with Gasteiger partial charge in [-0.15, -0.1) is 0 Å². The van der Waals surface area contributed by atoms with Crippen LogP contribution in [0.3, 0.4) is 0 Å². The van der Waals surface area contributed by atoms with Crippen molar-refractivity contribution in [2.24, 2.45) is 5.16 Å². The quantitative estimate of drug-likeness (QED) is 0.327. The lowest BCUT2D eigenvalue weighted by Crippen LogP contribution is -2.08. The van der Waals surface area contributed by atoms with Gasteiger partial charge in [0, 0.05) is 0 Å². The van der Waals surface area contributed by atoms with Crippen LogP contribution in [0.25, 0.3) is 0 Å². The average Bonchev–Trinajstić information content (AvgIpc) is 2.11. The molecule has 0 aliphatic heterocycles. The minimum absolute atomic E-state index is 0.0709. The van der Waals surface area contributed by atoms with Gasteiger partial charge in [0.05, 0.1) is 5.56 Å². The molecule has 0 radical (unpaired) electrons. The largest absolute Gasteiger partial charge is 0.410 e. The highest BCUT2D eigenvalue weighted by Crippen LogP contribution is 2.12. The van der Waals surface area contributed by atoms with E-state index in [-0.39, 0.29) is 6.29 Å². The number of hydrogen-bond acceptors (Lipinski definition) is 3. The Bertz CT molecular complexity index is 343. The monoisotopic (exact) mass is 185 g/mol. The van der Waals surface area contributed by atoms with Gasteiger partial charge >= 0.3 is 0 Å². The zero-order valence-corrected chi connectivity index (χ0v) is 6.37. The molecule has 0 atom stereocenters. The molecule has 0 amide bonds. The maximum absolute atomic E-state index is 12.9. The second kappa shape index (κ2) is 3.75. The second-order valence-corrected chi connectivity index (χ2v) is 2.20. The highest BCUT2D eigenvalue weighted by molar-refractivity contribution is 6.36. The molecular formula is C8H5F2NO2. The van der Waals surface area contributed by atoms with E-state index in [1.54, 1.807) is 0 Å². The number of oxime groups is 1. The maximum Gasteiger partial charge on any atom is 0.172 e. The van der Waals surface area contributed by atoms with Crippen molar-refractivity contribution in [1.82, 2.24) is 0 Å². The van der Waals surface area contributed by atoms with Gasteiger partial charge in [0.1, 0.15) is 11.6 Å². The molecular weight excluding hydrogens is 180 g/mol. The fourth-order valence-electron chi connectivity index (χ4n) is 0.875. The fourth-order valence-corrected chi connectivity index (χ4v) is 0.875. The first-order valence-corrected chi connectivity index (χ1v) is 3.32. The number of rotatable bonds is 2. The number of carbonyl (C=O) groups is 1. The Hall–Kier alpha value is -1.78. The average molecular weight is 185 g/mol. The van der Waals surface area contributed by atoms with Gasteiger partial charge in [-0.1, -0.05) is 11.2 Å². The van der Waals surface area contributed by atoms with E-state index in [9.17, 15) is 13.6 Å². The van der Waals surface area contributed by atoms with E-state index in [1.807, 2.05) is 0 Å². The summed E-state index contributed by atoms with van der Waals surface area (Å²) in [5.74, 6) is -1.89. The summed E-state index contributed by atoms with van der Waals surface area (Å²) in [6.45, 7) is 0. The summed E-state index contributed by atoms with van der Waals surface area (Å²) in [6, 6.07) is 3.08. The summed E-state index contributed by atoms with van der Waals surface area (Å²) in [6.07, 6.45) is 0.0709. The third-order valence-electron chi connectivity index (χ3n) is 1.44. The lowest BCUT2D eigenvalue weighted by atomic mass is 10.1. The van der Waals surface area contributed by atoms with Crippen LogP contribution in [0, 0.1) is 11.6 Å². The molecule has 0 saturated carbocycles. The highest BCUT2D eigenvalue weighted by atomic mass is 19.1. The van der Waals surface area contributed by atoms with Crippen LogP contribution in [-0.4, -0.2) is 17.2 Å². The summed E-state index contributed by atoms with van der Waals surface area (Å²) in [4.78, 5) is 10.2. The van der Waals surface area contributed by atoms with Crippen molar-refractivity contribution in [3.63, 3.8) is 0 Å². The van der Waals surface area contributed by atoms with Crippen molar-refractivity contribution in [3.05, 3.63) is 35.4 Å². The third-order valence-corrected chi connectivity index (χ3v) is 1.44. The molecule has 0 aliphatic carbocycles. The molecule has 0 aromatic heterocycles. The van der Waals surface area contributed by atoms with E-state index in [1.165, 1.54) is 0 Å². The summed E-state index contributed by atoms with van der Waals surface area (Å²) in [5, 5.41) is 10.7. The van der Waals surface area contributed by atoms with E-state index in [0.29, 0.717) is 0 Å². The normalized spacial score (nSPS) is 11.4.